The summed E-state index contributed by atoms with van der Waals surface area (Å²) in [4.78, 5) is 0. The number of nitriles is 1. The van der Waals surface area contributed by atoms with E-state index in [1.165, 1.54) is 12.1 Å². The van der Waals surface area contributed by atoms with Crippen molar-refractivity contribution in [3.63, 3.8) is 0 Å². The molecule has 0 saturated carbocycles. The lowest BCUT2D eigenvalue weighted by Crippen LogP contribution is -2.11. The lowest BCUT2D eigenvalue weighted by atomic mass is 10.1. The third-order valence-corrected chi connectivity index (χ3v) is 3.32. The predicted molar refractivity (Wildman–Crippen MR) is 77.6 cm³/mol. The van der Waals surface area contributed by atoms with Gasteiger partial charge < -0.3 is 5.32 Å². The quantitative estimate of drug-likeness (QED) is 0.846. The zero-order valence-electron chi connectivity index (χ0n) is 10.7. The van der Waals surface area contributed by atoms with E-state index in [0.717, 1.165) is 16.1 Å². The van der Waals surface area contributed by atoms with Crippen LogP contribution in [0.25, 0.3) is 0 Å². The fourth-order valence-corrected chi connectivity index (χ4v) is 2.29. The molecule has 0 radical (unpaired) electrons. The van der Waals surface area contributed by atoms with Crippen LogP contribution < -0.4 is 5.32 Å². The molecule has 6 heteroatoms. The minimum absolute atomic E-state index is 0.0182. The Morgan fingerprint density at radius 3 is 2.52 bits per heavy atom. The van der Waals surface area contributed by atoms with Gasteiger partial charge in [-0.3, -0.25) is 0 Å². The second kappa shape index (κ2) is 6.19. The minimum Gasteiger partial charge on any atom is -0.380 e. The molecule has 2 nitrogen and oxygen atoms in total. The van der Waals surface area contributed by atoms with E-state index in [2.05, 4.69) is 21.2 Å². The van der Waals surface area contributed by atoms with Gasteiger partial charge in [-0.1, -0.05) is 28.1 Å². The third-order valence-electron chi connectivity index (χ3n) is 2.83. The fourth-order valence-electron chi connectivity index (χ4n) is 1.85. The molecular formula is C15H10BrF3N2. The van der Waals surface area contributed by atoms with E-state index in [4.69, 9.17) is 5.26 Å². The normalized spacial score (nSPS) is 11.0. The third kappa shape index (κ3) is 3.99. The second-order valence-electron chi connectivity index (χ2n) is 4.35. The van der Waals surface area contributed by atoms with Crippen LogP contribution in [0.5, 0.6) is 0 Å². The number of benzene rings is 2. The van der Waals surface area contributed by atoms with E-state index in [1.807, 2.05) is 24.3 Å². The number of alkyl halides is 3. The molecule has 0 aromatic heterocycles. The molecule has 0 aliphatic heterocycles. The standard InChI is InChI=1S/C15H10BrF3N2/c16-12-3-1-2-11(6-12)9-21-14-5-4-10(8-20)7-13(14)15(17,18)19/h1-7,21H,9H2. The molecule has 0 aliphatic carbocycles. The van der Waals surface area contributed by atoms with Gasteiger partial charge in [0.1, 0.15) is 0 Å². The Morgan fingerprint density at radius 2 is 1.90 bits per heavy atom. The van der Waals surface area contributed by atoms with Gasteiger partial charge in [-0.15, -0.1) is 0 Å². The van der Waals surface area contributed by atoms with Crippen LogP contribution in [-0.4, -0.2) is 0 Å². The molecule has 2 aromatic carbocycles. The number of anilines is 1. The summed E-state index contributed by atoms with van der Waals surface area (Å²) in [6.07, 6.45) is -4.51. The molecule has 2 aromatic rings. The Labute approximate surface area is 128 Å². The van der Waals surface area contributed by atoms with Gasteiger partial charge in [-0.05, 0) is 35.9 Å². The monoisotopic (exact) mass is 354 g/mol. The van der Waals surface area contributed by atoms with Crippen molar-refractivity contribution in [1.82, 2.24) is 0 Å². The van der Waals surface area contributed by atoms with E-state index < -0.39 is 11.7 Å². The van der Waals surface area contributed by atoms with Gasteiger partial charge in [-0.2, -0.15) is 18.4 Å². The van der Waals surface area contributed by atoms with Gasteiger partial charge in [0.15, 0.2) is 0 Å². The van der Waals surface area contributed by atoms with Crippen LogP contribution in [0.15, 0.2) is 46.9 Å². The molecule has 1 N–H and O–H groups in total. The van der Waals surface area contributed by atoms with Crippen molar-refractivity contribution in [3.8, 4) is 6.07 Å². The van der Waals surface area contributed by atoms with Crippen molar-refractivity contribution >= 4 is 21.6 Å². The summed E-state index contributed by atoms with van der Waals surface area (Å²) in [5.41, 5.74) is -0.0461. The highest BCUT2D eigenvalue weighted by molar-refractivity contribution is 9.10. The molecule has 0 bridgehead atoms. The molecule has 0 heterocycles. The molecule has 0 aliphatic rings. The molecule has 0 unspecified atom stereocenters. The van der Waals surface area contributed by atoms with E-state index in [1.54, 1.807) is 6.07 Å². The average molecular weight is 355 g/mol. The van der Waals surface area contributed by atoms with Gasteiger partial charge in [-0.25, -0.2) is 0 Å². The number of nitrogens with one attached hydrogen (secondary N) is 1. The highest BCUT2D eigenvalue weighted by Crippen LogP contribution is 2.35. The highest BCUT2D eigenvalue weighted by Gasteiger charge is 2.33. The predicted octanol–water partition coefficient (Wildman–Crippen LogP) is 4.95. The minimum atomic E-state index is -4.51. The summed E-state index contributed by atoms with van der Waals surface area (Å²) in [5.74, 6) is 0. The van der Waals surface area contributed by atoms with Crippen molar-refractivity contribution in [2.75, 3.05) is 5.32 Å². The highest BCUT2D eigenvalue weighted by atomic mass is 79.9. The zero-order valence-corrected chi connectivity index (χ0v) is 12.3. The van der Waals surface area contributed by atoms with Crippen LogP contribution in [0.4, 0.5) is 18.9 Å². The van der Waals surface area contributed by atoms with E-state index in [-0.39, 0.29) is 17.8 Å². The molecule has 2 rings (SSSR count). The zero-order chi connectivity index (χ0) is 15.5. The van der Waals surface area contributed by atoms with Gasteiger partial charge in [0.2, 0.25) is 0 Å². The van der Waals surface area contributed by atoms with Gasteiger partial charge in [0.05, 0.1) is 17.2 Å². The van der Waals surface area contributed by atoms with Gasteiger partial charge >= 0.3 is 6.18 Å². The number of hydrogen-bond donors (Lipinski definition) is 1. The van der Waals surface area contributed by atoms with E-state index in [9.17, 15) is 13.2 Å². The maximum Gasteiger partial charge on any atom is 0.418 e. The Morgan fingerprint density at radius 1 is 1.14 bits per heavy atom. The first kappa shape index (κ1) is 15.4. The van der Waals surface area contributed by atoms with Crippen molar-refractivity contribution in [2.45, 2.75) is 12.7 Å². The molecule has 0 fully saturated rings. The topological polar surface area (TPSA) is 35.8 Å². The maximum absolute atomic E-state index is 13.0. The smallest absolute Gasteiger partial charge is 0.380 e. The lowest BCUT2D eigenvalue weighted by Gasteiger charge is -2.15. The summed E-state index contributed by atoms with van der Waals surface area (Å²) in [6, 6.07) is 12.5. The molecule has 0 spiro atoms. The maximum atomic E-state index is 13.0. The number of nitrogens with zero attached hydrogens (tertiary/aromatic N) is 1. The number of halogens is 4. The Kier molecular flexibility index (Phi) is 4.53. The van der Waals surface area contributed by atoms with Crippen molar-refractivity contribution in [3.05, 3.63) is 63.6 Å². The number of rotatable bonds is 3. The van der Waals surface area contributed by atoms with E-state index >= 15 is 0 Å². The number of hydrogen-bond acceptors (Lipinski definition) is 2. The van der Waals surface area contributed by atoms with Crippen LogP contribution in [0.2, 0.25) is 0 Å². The fraction of sp³-hybridized carbons (Fsp3) is 0.133. The van der Waals surface area contributed by atoms with Crippen LogP contribution in [-0.2, 0) is 12.7 Å². The molecule has 0 atom stereocenters. The second-order valence-corrected chi connectivity index (χ2v) is 5.27. The Balaban J connectivity index is 2.26. The van der Waals surface area contributed by atoms with Crippen molar-refractivity contribution in [1.29, 1.82) is 5.26 Å². The molecule has 108 valence electrons. The first-order valence-corrected chi connectivity index (χ1v) is 6.79. The molecule has 0 amide bonds. The van der Waals surface area contributed by atoms with Crippen molar-refractivity contribution < 1.29 is 13.2 Å². The average Bonchev–Trinajstić information content (AvgIpc) is 2.44. The van der Waals surface area contributed by atoms with Crippen molar-refractivity contribution in [2.24, 2.45) is 0 Å². The lowest BCUT2D eigenvalue weighted by molar-refractivity contribution is -0.137. The SMILES string of the molecule is N#Cc1ccc(NCc2cccc(Br)c2)c(C(F)(F)F)c1. The summed E-state index contributed by atoms with van der Waals surface area (Å²) in [5, 5.41) is 11.5. The van der Waals surface area contributed by atoms with Gasteiger partial charge in [0.25, 0.3) is 0 Å². The van der Waals surface area contributed by atoms with Gasteiger partial charge in [0, 0.05) is 16.7 Å². The summed E-state index contributed by atoms with van der Waals surface area (Å²) in [6.45, 7) is 0.258. The Bertz CT molecular complexity index is 690. The van der Waals surface area contributed by atoms with Crippen LogP contribution >= 0.6 is 15.9 Å². The van der Waals surface area contributed by atoms with Crippen LogP contribution in [0.3, 0.4) is 0 Å². The van der Waals surface area contributed by atoms with E-state index in [0.29, 0.717) is 0 Å². The molecular weight excluding hydrogens is 345 g/mol. The summed E-state index contributed by atoms with van der Waals surface area (Å²) >= 11 is 3.31. The summed E-state index contributed by atoms with van der Waals surface area (Å²) < 4.78 is 39.9. The Hall–Kier alpha value is -2.00. The largest absolute Gasteiger partial charge is 0.418 e. The van der Waals surface area contributed by atoms with Crippen LogP contribution in [0.1, 0.15) is 16.7 Å². The molecule has 0 saturated heterocycles. The first-order valence-electron chi connectivity index (χ1n) is 6.00. The first-order chi connectivity index (χ1) is 9.90. The summed E-state index contributed by atoms with van der Waals surface area (Å²) in [7, 11) is 0. The molecule has 21 heavy (non-hydrogen) atoms. The van der Waals surface area contributed by atoms with Crippen LogP contribution in [0, 0.1) is 11.3 Å².